The monoisotopic (exact) mass is 279 g/mol. The van der Waals surface area contributed by atoms with E-state index in [1.165, 1.54) is 5.56 Å². The quantitative estimate of drug-likeness (QED) is 0.557. The number of hydrogen-bond donors (Lipinski definition) is 1. The molecule has 0 aliphatic rings. The summed E-state index contributed by atoms with van der Waals surface area (Å²) < 4.78 is 10.4. The summed E-state index contributed by atoms with van der Waals surface area (Å²) in [5, 5.41) is 3.19. The Hall–Kier alpha value is -1.55. The third-order valence-electron chi connectivity index (χ3n) is 2.65. The second kappa shape index (κ2) is 9.37. The molecular weight excluding hydrogens is 254 g/mol. The highest BCUT2D eigenvalue weighted by molar-refractivity contribution is 5.70. The van der Waals surface area contributed by atoms with Crippen LogP contribution in [-0.2, 0) is 14.3 Å². The minimum Gasteiger partial charge on any atom is -0.463 e. The van der Waals surface area contributed by atoms with Crippen LogP contribution in [0.5, 0.6) is 0 Å². The number of ether oxygens (including phenoxy) is 2. The number of carbonyl (C=O) groups excluding carboxylic acids is 1. The third kappa shape index (κ3) is 7.79. The van der Waals surface area contributed by atoms with Gasteiger partial charge in [0, 0.05) is 18.8 Å². The fraction of sp³-hybridized carbons (Fsp3) is 0.562. The Morgan fingerprint density at radius 1 is 1.20 bits per heavy atom. The zero-order valence-electron chi connectivity index (χ0n) is 12.6. The molecule has 1 rings (SSSR count). The van der Waals surface area contributed by atoms with Gasteiger partial charge >= 0.3 is 5.97 Å². The maximum atomic E-state index is 11.5. The molecule has 0 radical (unpaired) electrons. The van der Waals surface area contributed by atoms with E-state index in [4.69, 9.17) is 9.47 Å². The smallest absolute Gasteiger partial charge is 0.307 e. The van der Waals surface area contributed by atoms with Crippen LogP contribution in [0.15, 0.2) is 24.3 Å². The van der Waals surface area contributed by atoms with Crippen molar-refractivity contribution < 1.29 is 14.3 Å². The van der Waals surface area contributed by atoms with Crippen molar-refractivity contribution in [1.82, 2.24) is 0 Å². The van der Waals surface area contributed by atoms with Gasteiger partial charge in [-0.15, -0.1) is 0 Å². The van der Waals surface area contributed by atoms with Gasteiger partial charge in [-0.3, -0.25) is 4.79 Å². The molecule has 0 bridgehead atoms. The molecule has 0 heterocycles. The second-order valence-electron chi connectivity index (χ2n) is 5.23. The van der Waals surface area contributed by atoms with Crippen molar-refractivity contribution in [2.45, 2.75) is 27.2 Å². The van der Waals surface area contributed by atoms with Gasteiger partial charge in [-0.05, 0) is 25.0 Å². The van der Waals surface area contributed by atoms with E-state index in [0.717, 1.165) is 5.69 Å². The molecule has 0 aliphatic carbocycles. The fourth-order valence-electron chi connectivity index (χ4n) is 1.59. The number of nitrogens with one attached hydrogen (secondary N) is 1. The molecule has 0 aliphatic heterocycles. The van der Waals surface area contributed by atoms with Gasteiger partial charge < -0.3 is 14.8 Å². The van der Waals surface area contributed by atoms with E-state index in [2.05, 4.69) is 19.2 Å². The minimum absolute atomic E-state index is 0.197. The highest BCUT2D eigenvalue weighted by Crippen LogP contribution is 2.08. The number of hydrogen-bond acceptors (Lipinski definition) is 4. The molecule has 0 saturated heterocycles. The average Bonchev–Trinajstić information content (AvgIpc) is 2.40. The highest BCUT2D eigenvalue weighted by atomic mass is 16.6. The standard InChI is InChI=1S/C16H25NO3/c1-13(2)12-19-10-11-20-16(18)8-9-17-15-6-4-14(3)5-7-15/h4-7,13,17H,8-12H2,1-3H3. The SMILES string of the molecule is Cc1ccc(NCCC(=O)OCCOCC(C)C)cc1. The van der Waals surface area contributed by atoms with Gasteiger partial charge in [-0.2, -0.15) is 0 Å². The topological polar surface area (TPSA) is 47.6 Å². The van der Waals surface area contributed by atoms with E-state index >= 15 is 0 Å². The predicted octanol–water partition coefficient (Wildman–Crippen LogP) is 3.01. The molecule has 0 unspecified atom stereocenters. The molecule has 1 N–H and O–H groups in total. The van der Waals surface area contributed by atoms with Gasteiger partial charge in [0.25, 0.3) is 0 Å². The Bertz CT molecular complexity index is 387. The lowest BCUT2D eigenvalue weighted by molar-refractivity contribution is -0.144. The Labute approximate surface area is 121 Å². The Morgan fingerprint density at radius 3 is 2.55 bits per heavy atom. The lowest BCUT2D eigenvalue weighted by Crippen LogP contribution is -2.15. The van der Waals surface area contributed by atoms with Crippen molar-refractivity contribution >= 4 is 11.7 Å². The maximum absolute atomic E-state index is 11.5. The number of rotatable bonds is 9. The minimum atomic E-state index is -0.197. The van der Waals surface area contributed by atoms with Crippen molar-refractivity contribution in [2.24, 2.45) is 5.92 Å². The largest absolute Gasteiger partial charge is 0.463 e. The summed E-state index contributed by atoms with van der Waals surface area (Å²) in [5.41, 5.74) is 2.24. The van der Waals surface area contributed by atoms with Crippen LogP contribution >= 0.6 is 0 Å². The van der Waals surface area contributed by atoms with Crippen LogP contribution in [0.25, 0.3) is 0 Å². The van der Waals surface area contributed by atoms with Crippen molar-refractivity contribution in [3.05, 3.63) is 29.8 Å². The van der Waals surface area contributed by atoms with Gasteiger partial charge in [0.1, 0.15) is 6.61 Å². The molecule has 1 aromatic carbocycles. The van der Waals surface area contributed by atoms with Crippen molar-refractivity contribution in [1.29, 1.82) is 0 Å². The van der Waals surface area contributed by atoms with Gasteiger partial charge in [-0.1, -0.05) is 31.5 Å². The number of carbonyl (C=O) groups is 1. The van der Waals surface area contributed by atoms with E-state index in [0.29, 0.717) is 38.7 Å². The van der Waals surface area contributed by atoms with Gasteiger partial charge in [0.05, 0.1) is 13.0 Å². The van der Waals surface area contributed by atoms with Gasteiger partial charge in [-0.25, -0.2) is 0 Å². The van der Waals surface area contributed by atoms with E-state index in [1.54, 1.807) is 0 Å². The first-order valence-corrected chi connectivity index (χ1v) is 7.12. The third-order valence-corrected chi connectivity index (χ3v) is 2.65. The molecule has 0 amide bonds. The van der Waals surface area contributed by atoms with Crippen LogP contribution < -0.4 is 5.32 Å². The van der Waals surface area contributed by atoms with Crippen LogP contribution in [-0.4, -0.2) is 32.3 Å². The maximum Gasteiger partial charge on any atom is 0.307 e. The zero-order valence-corrected chi connectivity index (χ0v) is 12.6. The summed E-state index contributed by atoms with van der Waals surface area (Å²) in [6, 6.07) is 8.07. The Kier molecular flexibility index (Phi) is 7.73. The molecule has 0 atom stereocenters. The summed E-state index contributed by atoms with van der Waals surface area (Å²) in [4.78, 5) is 11.5. The van der Waals surface area contributed by atoms with E-state index in [-0.39, 0.29) is 5.97 Å². The molecule has 0 fully saturated rings. The molecule has 112 valence electrons. The summed E-state index contributed by atoms with van der Waals surface area (Å²) in [5.74, 6) is 0.308. The summed E-state index contributed by atoms with van der Waals surface area (Å²) in [6.45, 7) is 8.29. The normalized spacial score (nSPS) is 10.6. The van der Waals surface area contributed by atoms with Crippen LogP contribution in [0.4, 0.5) is 5.69 Å². The molecule has 20 heavy (non-hydrogen) atoms. The molecule has 4 nitrogen and oxygen atoms in total. The average molecular weight is 279 g/mol. The van der Waals surface area contributed by atoms with Gasteiger partial charge in [0.2, 0.25) is 0 Å². The molecule has 0 spiro atoms. The summed E-state index contributed by atoms with van der Waals surface area (Å²) >= 11 is 0. The van der Waals surface area contributed by atoms with Crippen molar-refractivity contribution in [3.8, 4) is 0 Å². The summed E-state index contributed by atoms with van der Waals surface area (Å²) in [7, 11) is 0. The molecule has 1 aromatic rings. The fourth-order valence-corrected chi connectivity index (χ4v) is 1.59. The van der Waals surface area contributed by atoms with Crippen LogP contribution in [0.2, 0.25) is 0 Å². The first-order valence-electron chi connectivity index (χ1n) is 7.12. The zero-order chi connectivity index (χ0) is 14.8. The molecule has 4 heteroatoms. The molecule has 0 saturated carbocycles. The van der Waals surface area contributed by atoms with Crippen LogP contribution in [0.3, 0.4) is 0 Å². The van der Waals surface area contributed by atoms with E-state index in [9.17, 15) is 4.79 Å². The second-order valence-corrected chi connectivity index (χ2v) is 5.23. The molecular formula is C16H25NO3. The van der Waals surface area contributed by atoms with Crippen LogP contribution in [0.1, 0.15) is 25.8 Å². The predicted molar refractivity (Wildman–Crippen MR) is 80.9 cm³/mol. The summed E-state index contributed by atoms with van der Waals surface area (Å²) in [6.07, 6.45) is 0.359. The van der Waals surface area contributed by atoms with E-state index < -0.39 is 0 Å². The first kappa shape index (κ1) is 16.5. The Morgan fingerprint density at radius 2 is 1.90 bits per heavy atom. The van der Waals surface area contributed by atoms with Crippen LogP contribution in [0, 0.1) is 12.8 Å². The van der Waals surface area contributed by atoms with Crippen molar-refractivity contribution in [3.63, 3.8) is 0 Å². The Balaban J connectivity index is 2.04. The van der Waals surface area contributed by atoms with Crippen molar-refractivity contribution in [2.75, 3.05) is 31.7 Å². The molecule has 0 aromatic heterocycles. The number of benzene rings is 1. The van der Waals surface area contributed by atoms with Gasteiger partial charge in [0.15, 0.2) is 0 Å². The lowest BCUT2D eigenvalue weighted by Gasteiger charge is -2.09. The number of esters is 1. The van der Waals surface area contributed by atoms with E-state index in [1.807, 2.05) is 31.2 Å². The highest BCUT2D eigenvalue weighted by Gasteiger charge is 2.02. The number of aryl methyl sites for hydroxylation is 1. The lowest BCUT2D eigenvalue weighted by atomic mass is 10.2. The first-order chi connectivity index (χ1) is 9.58. The number of anilines is 1.